The second-order valence-electron chi connectivity index (χ2n) is 4.55. The molecule has 0 saturated carbocycles. The van der Waals surface area contributed by atoms with Crippen molar-refractivity contribution >= 4 is 12.0 Å². The van der Waals surface area contributed by atoms with Crippen LogP contribution < -0.4 is 9.47 Å². The molecule has 26 heavy (non-hydrogen) atoms. The number of carbonyl (C=O) groups is 1. The first kappa shape index (κ1) is 20.5. The van der Waals surface area contributed by atoms with Crippen LogP contribution in [0.4, 0.5) is 0 Å². The van der Waals surface area contributed by atoms with Crippen LogP contribution in [0.5, 0.6) is 11.5 Å². The average Bonchev–Trinajstić information content (AvgIpc) is 2.61. The van der Waals surface area contributed by atoms with Crippen molar-refractivity contribution < 1.29 is 38.9 Å². The van der Waals surface area contributed by atoms with E-state index in [1.165, 1.54) is 20.3 Å². The Bertz CT molecular complexity index is 658. The number of benzene rings is 1. The maximum absolute atomic E-state index is 11.8. The molecule has 0 aliphatic heterocycles. The van der Waals surface area contributed by atoms with Crippen molar-refractivity contribution in [3.8, 4) is 11.5 Å². The first-order valence-corrected chi connectivity index (χ1v) is 7.01. The fraction of sp³-hybridized carbons (Fsp3) is 0.357. The Morgan fingerprint density at radius 2 is 1.65 bits per heavy atom. The van der Waals surface area contributed by atoms with Crippen LogP contribution >= 0.6 is 0 Å². The van der Waals surface area contributed by atoms with Gasteiger partial charge in [0, 0.05) is 6.08 Å². The number of ether oxygens (including phenoxy) is 3. The topological polar surface area (TPSA) is 150 Å². The lowest BCUT2D eigenvalue weighted by atomic mass is 10.2. The van der Waals surface area contributed by atoms with Crippen LogP contribution in [0, 0.1) is 20.2 Å². The zero-order chi connectivity index (χ0) is 19.5. The minimum absolute atomic E-state index is 0.444. The summed E-state index contributed by atoms with van der Waals surface area (Å²) in [6.45, 7) is -1.42. The van der Waals surface area contributed by atoms with Gasteiger partial charge in [0.25, 0.3) is 10.2 Å². The van der Waals surface area contributed by atoms with Crippen molar-refractivity contribution in [1.29, 1.82) is 0 Å². The number of rotatable bonds is 11. The summed E-state index contributed by atoms with van der Waals surface area (Å²) < 4.78 is 15.0. The van der Waals surface area contributed by atoms with E-state index in [-0.39, 0.29) is 0 Å². The highest BCUT2D eigenvalue weighted by Crippen LogP contribution is 2.27. The summed E-state index contributed by atoms with van der Waals surface area (Å²) in [6, 6.07) is 4.88. The second kappa shape index (κ2) is 10.3. The Morgan fingerprint density at radius 3 is 2.15 bits per heavy atom. The molecule has 142 valence electrons. The Hall–Kier alpha value is -3.57. The van der Waals surface area contributed by atoms with Gasteiger partial charge >= 0.3 is 5.97 Å². The molecule has 1 aromatic rings. The molecule has 1 aromatic carbocycles. The van der Waals surface area contributed by atoms with Gasteiger partial charge in [0.1, 0.15) is 19.3 Å². The summed E-state index contributed by atoms with van der Waals surface area (Å²) >= 11 is 0. The quantitative estimate of drug-likeness (QED) is 0.238. The molecule has 0 bridgehead atoms. The van der Waals surface area contributed by atoms with Crippen molar-refractivity contribution in [1.82, 2.24) is 0 Å². The fourth-order valence-electron chi connectivity index (χ4n) is 1.73. The van der Waals surface area contributed by atoms with Gasteiger partial charge in [0.2, 0.25) is 0 Å². The van der Waals surface area contributed by atoms with E-state index in [4.69, 9.17) is 14.2 Å². The van der Waals surface area contributed by atoms with Crippen molar-refractivity contribution in [2.45, 2.75) is 6.10 Å². The summed E-state index contributed by atoms with van der Waals surface area (Å²) in [4.78, 5) is 40.2. The van der Waals surface area contributed by atoms with Gasteiger partial charge in [-0.3, -0.25) is 0 Å². The van der Waals surface area contributed by atoms with E-state index < -0.39 is 35.5 Å². The van der Waals surface area contributed by atoms with Gasteiger partial charge in [-0.05, 0) is 23.8 Å². The van der Waals surface area contributed by atoms with Gasteiger partial charge in [0.05, 0.1) is 14.2 Å². The highest BCUT2D eigenvalue weighted by Gasteiger charge is 2.17. The highest BCUT2D eigenvalue weighted by atomic mass is 17.0. The maximum atomic E-state index is 11.8. The van der Waals surface area contributed by atoms with E-state index in [0.717, 1.165) is 6.08 Å². The predicted molar refractivity (Wildman–Crippen MR) is 84.4 cm³/mol. The highest BCUT2D eigenvalue weighted by molar-refractivity contribution is 5.87. The normalized spacial score (nSPS) is 10.4. The molecule has 0 aromatic heterocycles. The molecule has 0 fully saturated rings. The maximum Gasteiger partial charge on any atom is 0.331 e. The lowest BCUT2D eigenvalue weighted by molar-refractivity contribution is -0.768. The molecule has 0 spiro atoms. The number of hydrogen-bond acceptors (Lipinski definition) is 10. The molecule has 12 heteroatoms. The van der Waals surface area contributed by atoms with Crippen molar-refractivity contribution in [2.24, 2.45) is 0 Å². The molecule has 0 radical (unpaired) electrons. The van der Waals surface area contributed by atoms with E-state index in [0.29, 0.717) is 17.1 Å². The third-order valence-electron chi connectivity index (χ3n) is 2.83. The van der Waals surface area contributed by atoms with Crippen LogP contribution in [0.2, 0.25) is 0 Å². The van der Waals surface area contributed by atoms with Crippen LogP contribution in [0.3, 0.4) is 0 Å². The monoisotopic (exact) mass is 372 g/mol. The van der Waals surface area contributed by atoms with Gasteiger partial charge in [-0.2, -0.15) is 0 Å². The Kier molecular flexibility index (Phi) is 8.13. The van der Waals surface area contributed by atoms with Gasteiger partial charge in [-0.1, -0.05) is 6.07 Å². The minimum Gasteiger partial charge on any atom is -0.493 e. The lowest BCUT2D eigenvalue weighted by Crippen LogP contribution is -2.30. The Morgan fingerprint density at radius 1 is 1.08 bits per heavy atom. The standard InChI is InChI=1S/C14H16N2O10/c1-22-12-5-3-10(7-13(12)23-2)4-6-14(17)26-11(8-24-15(18)19)9-25-16(20)21/h3-7,11H,8-9H2,1-2H3/b6-4+. The SMILES string of the molecule is COc1ccc(/C=C/C(=O)OC(CO[N+](=O)[O-])CO[N+](=O)[O-])cc1OC. The average molecular weight is 372 g/mol. The second-order valence-corrected chi connectivity index (χ2v) is 4.55. The molecule has 0 saturated heterocycles. The summed E-state index contributed by atoms with van der Waals surface area (Å²) in [5.74, 6) is 0.0458. The molecule has 0 atom stereocenters. The van der Waals surface area contributed by atoms with Crippen molar-refractivity contribution in [3.05, 3.63) is 50.1 Å². The first-order valence-electron chi connectivity index (χ1n) is 7.01. The fourth-order valence-corrected chi connectivity index (χ4v) is 1.73. The molecule has 12 nitrogen and oxygen atoms in total. The molecule has 0 unspecified atom stereocenters. The number of carbonyl (C=O) groups excluding carboxylic acids is 1. The summed E-state index contributed by atoms with van der Waals surface area (Å²) in [6.07, 6.45) is 1.09. The predicted octanol–water partition coefficient (Wildman–Crippen LogP) is 1.05. The Labute approximate surface area is 147 Å². The molecule has 1 rings (SSSR count). The molecular weight excluding hydrogens is 356 g/mol. The first-order chi connectivity index (χ1) is 12.3. The smallest absolute Gasteiger partial charge is 0.331 e. The zero-order valence-electron chi connectivity index (χ0n) is 13.9. The molecular formula is C14H16N2O10. The largest absolute Gasteiger partial charge is 0.493 e. The van der Waals surface area contributed by atoms with Gasteiger partial charge < -0.3 is 23.9 Å². The van der Waals surface area contributed by atoms with Crippen molar-refractivity contribution in [2.75, 3.05) is 27.4 Å². The summed E-state index contributed by atoms with van der Waals surface area (Å²) in [5, 5.41) is 18.1. The van der Waals surface area contributed by atoms with Crippen LogP contribution in [-0.4, -0.2) is 49.7 Å². The van der Waals surface area contributed by atoms with E-state index >= 15 is 0 Å². The van der Waals surface area contributed by atoms with E-state index in [2.05, 4.69) is 9.68 Å². The van der Waals surface area contributed by atoms with Gasteiger partial charge in [-0.15, -0.1) is 20.2 Å². The van der Waals surface area contributed by atoms with E-state index in [1.54, 1.807) is 18.2 Å². The minimum atomic E-state index is -1.34. The van der Waals surface area contributed by atoms with Gasteiger partial charge in [0.15, 0.2) is 11.5 Å². The van der Waals surface area contributed by atoms with Crippen LogP contribution in [0.15, 0.2) is 24.3 Å². The molecule has 0 heterocycles. The molecule has 0 N–H and O–H groups in total. The third kappa shape index (κ3) is 7.33. The Balaban J connectivity index is 2.71. The number of methoxy groups -OCH3 is 2. The number of hydrogen-bond donors (Lipinski definition) is 0. The number of nitrogens with zero attached hydrogens (tertiary/aromatic N) is 2. The summed E-state index contributed by atoms with van der Waals surface area (Å²) in [5.41, 5.74) is 0.583. The van der Waals surface area contributed by atoms with Crippen LogP contribution in [0.1, 0.15) is 5.56 Å². The molecule has 0 aliphatic carbocycles. The molecule has 0 aliphatic rings. The van der Waals surface area contributed by atoms with Crippen LogP contribution in [0.25, 0.3) is 6.08 Å². The van der Waals surface area contributed by atoms with Crippen molar-refractivity contribution in [3.63, 3.8) is 0 Å². The van der Waals surface area contributed by atoms with Gasteiger partial charge in [-0.25, -0.2) is 4.79 Å². The summed E-state index contributed by atoms with van der Waals surface area (Å²) in [7, 11) is 2.93. The third-order valence-corrected chi connectivity index (χ3v) is 2.83. The zero-order valence-corrected chi connectivity index (χ0v) is 13.9. The lowest BCUT2D eigenvalue weighted by Gasteiger charge is -2.14. The molecule has 0 amide bonds. The van der Waals surface area contributed by atoms with Crippen LogP contribution in [-0.2, 0) is 19.2 Å². The van der Waals surface area contributed by atoms with E-state index in [9.17, 15) is 25.0 Å². The van der Waals surface area contributed by atoms with E-state index in [1.807, 2.05) is 0 Å². The number of esters is 1.